The number of piperazine rings is 1. The molecule has 8 heteroatoms. The first-order valence-corrected chi connectivity index (χ1v) is 5.89. The van der Waals surface area contributed by atoms with Gasteiger partial charge in [0.1, 0.15) is 17.6 Å². The summed E-state index contributed by atoms with van der Waals surface area (Å²) in [7, 11) is 0. The molecule has 2 rings (SSSR count). The molecule has 20 heavy (non-hydrogen) atoms. The van der Waals surface area contributed by atoms with Crippen LogP contribution in [0.15, 0.2) is 18.2 Å². The molecule has 0 unspecified atom stereocenters. The summed E-state index contributed by atoms with van der Waals surface area (Å²) in [6.45, 7) is 1.26. The summed E-state index contributed by atoms with van der Waals surface area (Å²) in [6, 6.07) is 0.649. The van der Waals surface area contributed by atoms with Gasteiger partial charge in [0.2, 0.25) is 0 Å². The van der Waals surface area contributed by atoms with E-state index >= 15 is 0 Å². The molecule has 0 saturated carbocycles. The normalized spacial score (nSPS) is 18.4. The maximum atomic E-state index is 13.2. The van der Waals surface area contributed by atoms with Crippen LogP contribution < -0.4 is 5.32 Å². The van der Waals surface area contributed by atoms with Crippen molar-refractivity contribution in [1.82, 2.24) is 10.2 Å². The zero-order chi connectivity index (χ0) is 14.0. The number of hydrogen-bond donors (Lipinski definition) is 2. The molecule has 0 spiro atoms. The Bertz CT molecular complexity index is 450. The number of phenols is 1. The first-order chi connectivity index (χ1) is 8.89. The molecular formula is C12H15ClF4N2O. The van der Waals surface area contributed by atoms with Crippen molar-refractivity contribution >= 4 is 12.4 Å². The Morgan fingerprint density at radius 2 is 1.80 bits per heavy atom. The molecule has 1 aromatic carbocycles. The Kier molecular flexibility index (Phi) is 5.61. The average Bonchev–Trinajstić information content (AvgIpc) is 2.33. The van der Waals surface area contributed by atoms with Crippen LogP contribution in [0.4, 0.5) is 17.6 Å². The Morgan fingerprint density at radius 3 is 2.35 bits per heavy atom. The standard InChI is InChI=1S/C12H14F4N2O.ClH/c13-8-1-2-10(19)9(7-8)11(12(14,15)16)18-5-3-17-4-6-18;/h1-2,7,11,17,19H,3-6H2;1H/t11-;/m0./s1. The number of phenolic OH excluding ortho intramolecular Hbond substituents is 1. The minimum absolute atomic E-state index is 0. The van der Waals surface area contributed by atoms with Gasteiger partial charge in [-0.15, -0.1) is 12.4 Å². The van der Waals surface area contributed by atoms with Crippen LogP contribution in [0.2, 0.25) is 0 Å². The molecule has 0 aliphatic carbocycles. The fraction of sp³-hybridized carbons (Fsp3) is 0.500. The second-order valence-corrected chi connectivity index (χ2v) is 4.43. The smallest absolute Gasteiger partial charge is 0.408 e. The molecule has 2 N–H and O–H groups in total. The Hall–Kier alpha value is -1.05. The fourth-order valence-electron chi connectivity index (χ4n) is 2.26. The zero-order valence-electron chi connectivity index (χ0n) is 10.5. The van der Waals surface area contributed by atoms with Crippen molar-refractivity contribution in [1.29, 1.82) is 0 Å². The van der Waals surface area contributed by atoms with Crippen LogP contribution in [0.1, 0.15) is 11.6 Å². The van der Waals surface area contributed by atoms with Crippen LogP contribution in [0.3, 0.4) is 0 Å². The molecule has 1 aliphatic rings. The van der Waals surface area contributed by atoms with Gasteiger partial charge in [-0.1, -0.05) is 0 Å². The predicted octanol–water partition coefficient (Wildman–Crippen LogP) is 2.46. The highest BCUT2D eigenvalue weighted by atomic mass is 35.5. The lowest BCUT2D eigenvalue weighted by Crippen LogP contribution is -2.49. The Morgan fingerprint density at radius 1 is 1.20 bits per heavy atom. The number of aromatic hydroxyl groups is 1. The quantitative estimate of drug-likeness (QED) is 0.823. The van der Waals surface area contributed by atoms with Gasteiger partial charge in [0, 0.05) is 31.7 Å². The SMILES string of the molecule is Cl.Oc1ccc(F)cc1[C@H](N1CCNCC1)C(F)(F)F. The van der Waals surface area contributed by atoms with Gasteiger partial charge < -0.3 is 10.4 Å². The van der Waals surface area contributed by atoms with Crippen molar-refractivity contribution in [2.24, 2.45) is 0 Å². The minimum atomic E-state index is -4.57. The Balaban J connectivity index is 0.00000200. The molecule has 1 heterocycles. The second-order valence-electron chi connectivity index (χ2n) is 4.43. The van der Waals surface area contributed by atoms with E-state index in [0.717, 1.165) is 18.2 Å². The average molecular weight is 315 g/mol. The lowest BCUT2D eigenvalue weighted by Gasteiger charge is -2.36. The van der Waals surface area contributed by atoms with E-state index in [1.54, 1.807) is 0 Å². The number of halogens is 5. The summed E-state index contributed by atoms with van der Waals surface area (Å²) < 4.78 is 52.8. The highest BCUT2D eigenvalue weighted by molar-refractivity contribution is 5.85. The molecule has 0 radical (unpaired) electrons. The molecular weight excluding hydrogens is 300 g/mol. The van der Waals surface area contributed by atoms with E-state index in [1.807, 2.05) is 0 Å². The third-order valence-electron chi connectivity index (χ3n) is 3.11. The first kappa shape index (κ1) is 17.0. The van der Waals surface area contributed by atoms with Crippen molar-refractivity contribution < 1.29 is 22.7 Å². The largest absolute Gasteiger partial charge is 0.508 e. The first-order valence-electron chi connectivity index (χ1n) is 5.89. The maximum Gasteiger partial charge on any atom is 0.408 e. The molecule has 1 fully saturated rings. The third kappa shape index (κ3) is 3.74. The topological polar surface area (TPSA) is 35.5 Å². The van der Waals surface area contributed by atoms with E-state index < -0.39 is 29.3 Å². The van der Waals surface area contributed by atoms with Crippen LogP contribution in [0.5, 0.6) is 5.75 Å². The summed E-state index contributed by atoms with van der Waals surface area (Å²) in [5.74, 6) is -1.33. The van der Waals surface area contributed by atoms with Crippen LogP contribution in [-0.4, -0.2) is 42.4 Å². The Labute approximate surface area is 120 Å². The van der Waals surface area contributed by atoms with Gasteiger partial charge in [-0.2, -0.15) is 13.2 Å². The molecule has 1 aliphatic heterocycles. The monoisotopic (exact) mass is 314 g/mol. The summed E-state index contributed by atoms with van der Waals surface area (Å²) in [5.41, 5.74) is -0.436. The van der Waals surface area contributed by atoms with Crippen LogP contribution in [0, 0.1) is 5.82 Å². The highest BCUT2D eigenvalue weighted by Crippen LogP contribution is 2.41. The number of nitrogens with zero attached hydrogens (tertiary/aromatic N) is 1. The predicted molar refractivity (Wildman–Crippen MR) is 68.6 cm³/mol. The molecule has 0 amide bonds. The number of rotatable bonds is 2. The van der Waals surface area contributed by atoms with Gasteiger partial charge in [0.15, 0.2) is 0 Å². The van der Waals surface area contributed by atoms with Crippen molar-refractivity contribution in [2.45, 2.75) is 12.2 Å². The van der Waals surface area contributed by atoms with E-state index in [4.69, 9.17) is 0 Å². The summed E-state index contributed by atoms with van der Waals surface area (Å²) >= 11 is 0. The van der Waals surface area contributed by atoms with Crippen LogP contribution in [0.25, 0.3) is 0 Å². The van der Waals surface area contributed by atoms with E-state index in [0.29, 0.717) is 13.1 Å². The molecule has 0 bridgehead atoms. The summed E-state index contributed by atoms with van der Waals surface area (Å²) in [5, 5.41) is 12.5. The molecule has 1 atom stereocenters. The summed E-state index contributed by atoms with van der Waals surface area (Å²) in [4.78, 5) is 1.20. The van der Waals surface area contributed by atoms with Gasteiger partial charge in [-0.25, -0.2) is 4.39 Å². The molecule has 0 aromatic heterocycles. The van der Waals surface area contributed by atoms with Crippen molar-refractivity contribution in [3.8, 4) is 5.75 Å². The number of alkyl halides is 3. The van der Waals surface area contributed by atoms with E-state index in [2.05, 4.69) is 5.32 Å². The van der Waals surface area contributed by atoms with Crippen LogP contribution >= 0.6 is 12.4 Å². The lowest BCUT2D eigenvalue weighted by atomic mass is 10.0. The van der Waals surface area contributed by atoms with E-state index in [9.17, 15) is 22.7 Å². The highest BCUT2D eigenvalue weighted by Gasteiger charge is 2.46. The van der Waals surface area contributed by atoms with Crippen molar-refractivity contribution in [3.63, 3.8) is 0 Å². The molecule has 1 saturated heterocycles. The molecule has 114 valence electrons. The fourth-order valence-corrected chi connectivity index (χ4v) is 2.26. The number of nitrogens with one attached hydrogen (secondary N) is 1. The third-order valence-corrected chi connectivity index (χ3v) is 3.11. The summed E-state index contributed by atoms with van der Waals surface area (Å²) in [6.07, 6.45) is -4.57. The van der Waals surface area contributed by atoms with Crippen molar-refractivity contribution in [2.75, 3.05) is 26.2 Å². The van der Waals surface area contributed by atoms with Crippen LogP contribution in [-0.2, 0) is 0 Å². The second kappa shape index (κ2) is 6.60. The van der Waals surface area contributed by atoms with E-state index in [-0.39, 0.29) is 25.5 Å². The van der Waals surface area contributed by atoms with Gasteiger partial charge in [-0.05, 0) is 18.2 Å². The number of hydrogen-bond acceptors (Lipinski definition) is 3. The maximum absolute atomic E-state index is 13.2. The minimum Gasteiger partial charge on any atom is -0.508 e. The zero-order valence-corrected chi connectivity index (χ0v) is 11.3. The molecule has 3 nitrogen and oxygen atoms in total. The van der Waals surface area contributed by atoms with Gasteiger partial charge in [0.05, 0.1) is 0 Å². The van der Waals surface area contributed by atoms with E-state index in [1.165, 1.54) is 4.90 Å². The van der Waals surface area contributed by atoms with Gasteiger partial charge in [-0.3, -0.25) is 4.90 Å². The van der Waals surface area contributed by atoms with Gasteiger partial charge >= 0.3 is 6.18 Å². The number of benzene rings is 1. The van der Waals surface area contributed by atoms with Crippen molar-refractivity contribution in [3.05, 3.63) is 29.6 Å². The lowest BCUT2D eigenvalue weighted by molar-refractivity contribution is -0.188. The molecule has 1 aromatic rings. The van der Waals surface area contributed by atoms with Gasteiger partial charge in [0.25, 0.3) is 0 Å².